The third kappa shape index (κ3) is 4.62. The molecule has 0 atom stereocenters. The van der Waals surface area contributed by atoms with Crippen molar-refractivity contribution < 1.29 is 22.3 Å². The van der Waals surface area contributed by atoms with Gasteiger partial charge in [-0.25, -0.2) is 4.39 Å². The molecule has 0 bridgehead atoms. The highest BCUT2D eigenvalue weighted by Crippen LogP contribution is 2.20. The number of nitrogens with one attached hydrogen (secondary N) is 1. The number of hydrogen-bond acceptors (Lipinski definition) is 4. The lowest BCUT2D eigenvalue weighted by molar-refractivity contribution is -0.140. The van der Waals surface area contributed by atoms with Crippen molar-refractivity contribution in [1.82, 2.24) is 4.31 Å². The summed E-state index contributed by atoms with van der Waals surface area (Å²) >= 11 is 5.50. The van der Waals surface area contributed by atoms with Crippen LogP contribution in [0.2, 0.25) is 5.02 Å². The van der Waals surface area contributed by atoms with Crippen LogP contribution in [0.4, 0.5) is 10.1 Å². The number of rotatable bonds is 6. The molecule has 0 aliphatic heterocycles. The highest BCUT2D eigenvalue weighted by molar-refractivity contribution is 7.90. The fourth-order valence-corrected chi connectivity index (χ4v) is 2.29. The van der Waals surface area contributed by atoms with Crippen LogP contribution in [0.5, 0.6) is 0 Å². The lowest BCUT2D eigenvalue weighted by atomic mass is 10.3. The molecule has 9 heteroatoms. The second kappa shape index (κ2) is 6.87. The average Bonchev–Trinajstić information content (AvgIpc) is 2.39. The number of anilines is 1. The van der Waals surface area contributed by atoms with Gasteiger partial charge in [-0.3, -0.25) is 9.52 Å². The van der Waals surface area contributed by atoms with Crippen LogP contribution in [-0.2, 0) is 19.7 Å². The zero-order chi connectivity index (χ0) is 15.3. The van der Waals surface area contributed by atoms with Crippen LogP contribution in [0.1, 0.15) is 6.42 Å². The number of ether oxygens (including phenoxy) is 1. The normalized spacial score (nSPS) is 11.4. The van der Waals surface area contributed by atoms with E-state index in [9.17, 15) is 17.6 Å². The Morgan fingerprint density at radius 1 is 1.50 bits per heavy atom. The first kappa shape index (κ1) is 16.7. The minimum atomic E-state index is -3.88. The van der Waals surface area contributed by atoms with Crippen LogP contribution < -0.4 is 4.72 Å². The largest absolute Gasteiger partial charge is 0.469 e. The summed E-state index contributed by atoms with van der Waals surface area (Å²) in [6, 6.07) is 3.54. The predicted molar refractivity (Wildman–Crippen MR) is 73.2 cm³/mol. The smallest absolute Gasteiger partial charge is 0.306 e. The summed E-state index contributed by atoms with van der Waals surface area (Å²) in [5.74, 6) is -1.26. The summed E-state index contributed by atoms with van der Waals surface area (Å²) in [4.78, 5) is 11.0. The summed E-state index contributed by atoms with van der Waals surface area (Å²) < 4.78 is 44.5. The fraction of sp³-hybridized carbons (Fsp3) is 0.364. The summed E-state index contributed by atoms with van der Waals surface area (Å²) in [7, 11) is -1.38. The van der Waals surface area contributed by atoms with E-state index in [-0.39, 0.29) is 23.7 Å². The van der Waals surface area contributed by atoms with Crippen molar-refractivity contribution in [3.8, 4) is 0 Å². The van der Waals surface area contributed by atoms with Gasteiger partial charge in [0.15, 0.2) is 0 Å². The van der Waals surface area contributed by atoms with Gasteiger partial charge in [-0.15, -0.1) is 0 Å². The van der Waals surface area contributed by atoms with E-state index < -0.39 is 22.0 Å². The summed E-state index contributed by atoms with van der Waals surface area (Å²) in [6.07, 6.45) is -0.0805. The number of carbonyl (C=O) groups is 1. The van der Waals surface area contributed by atoms with E-state index in [0.29, 0.717) is 0 Å². The molecule has 0 aliphatic carbocycles. The van der Waals surface area contributed by atoms with Gasteiger partial charge >= 0.3 is 16.2 Å². The Morgan fingerprint density at radius 3 is 2.70 bits per heavy atom. The number of carbonyl (C=O) groups excluding carboxylic acids is 1. The zero-order valence-corrected chi connectivity index (χ0v) is 12.5. The molecule has 20 heavy (non-hydrogen) atoms. The van der Waals surface area contributed by atoms with E-state index in [1.54, 1.807) is 0 Å². The van der Waals surface area contributed by atoms with Crippen LogP contribution >= 0.6 is 11.6 Å². The van der Waals surface area contributed by atoms with Crippen LogP contribution in [0.15, 0.2) is 18.2 Å². The van der Waals surface area contributed by atoms with E-state index in [2.05, 4.69) is 9.46 Å². The molecule has 0 saturated carbocycles. The predicted octanol–water partition coefficient (Wildman–Crippen LogP) is 1.63. The number of esters is 1. The maximum Gasteiger partial charge on any atom is 0.306 e. The Balaban J connectivity index is 2.73. The minimum Gasteiger partial charge on any atom is -0.469 e. The molecule has 0 amide bonds. The Bertz CT molecular complexity index is 594. The first-order chi connectivity index (χ1) is 9.26. The Kier molecular flexibility index (Phi) is 5.73. The molecule has 0 heterocycles. The van der Waals surface area contributed by atoms with Gasteiger partial charge in [0.05, 0.1) is 24.2 Å². The SMILES string of the molecule is COC(=O)CCN(C)S(=O)(=O)Nc1ccc(Cl)c(F)c1. The molecule has 1 aromatic rings. The Hall–Kier alpha value is -1.38. The summed E-state index contributed by atoms with van der Waals surface area (Å²) in [6.45, 7) is -0.0575. The molecule has 0 fully saturated rings. The molecule has 1 aromatic carbocycles. The van der Waals surface area contributed by atoms with Crippen molar-refractivity contribution in [3.05, 3.63) is 29.0 Å². The molecule has 0 aromatic heterocycles. The molecule has 0 spiro atoms. The van der Waals surface area contributed by atoms with Gasteiger partial charge in [0.2, 0.25) is 0 Å². The van der Waals surface area contributed by atoms with Gasteiger partial charge in [-0.1, -0.05) is 11.6 Å². The van der Waals surface area contributed by atoms with Crippen molar-refractivity contribution >= 4 is 33.5 Å². The number of nitrogens with zero attached hydrogens (tertiary/aromatic N) is 1. The van der Waals surface area contributed by atoms with Gasteiger partial charge in [-0.05, 0) is 18.2 Å². The van der Waals surface area contributed by atoms with Gasteiger partial charge < -0.3 is 4.74 Å². The van der Waals surface area contributed by atoms with Gasteiger partial charge in [0, 0.05) is 13.6 Å². The molecule has 0 aliphatic rings. The van der Waals surface area contributed by atoms with E-state index in [0.717, 1.165) is 10.4 Å². The van der Waals surface area contributed by atoms with Crippen molar-refractivity contribution in [2.24, 2.45) is 0 Å². The van der Waals surface area contributed by atoms with E-state index >= 15 is 0 Å². The molecular weight excluding hydrogens is 311 g/mol. The van der Waals surface area contributed by atoms with Crippen molar-refractivity contribution in [2.45, 2.75) is 6.42 Å². The summed E-state index contributed by atoms with van der Waals surface area (Å²) in [5.41, 5.74) is 0.0387. The lowest BCUT2D eigenvalue weighted by Gasteiger charge is -2.17. The van der Waals surface area contributed by atoms with Gasteiger partial charge in [0.25, 0.3) is 0 Å². The second-order valence-corrected chi connectivity index (χ2v) is 6.07. The number of benzene rings is 1. The zero-order valence-electron chi connectivity index (χ0n) is 10.9. The highest BCUT2D eigenvalue weighted by Gasteiger charge is 2.19. The van der Waals surface area contributed by atoms with E-state index in [1.165, 1.54) is 26.3 Å². The fourth-order valence-electron chi connectivity index (χ4n) is 1.26. The van der Waals surface area contributed by atoms with E-state index in [1.807, 2.05) is 0 Å². The van der Waals surface area contributed by atoms with Crippen molar-refractivity contribution in [1.29, 1.82) is 0 Å². The first-order valence-electron chi connectivity index (χ1n) is 5.52. The molecule has 0 saturated heterocycles. The minimum absolute atomic E-state index is 0.0387. The number of methoxy groups -OCH3 is 1. The lowest BCUT2D eigenvalue weighted by Crippen LogP contribution is -2.34. The Morgan fingerprint density at radius 2 is 2.15 bits per heavy atom. The van der Waals surface area contributed by atoms with Crippen LogP contribution in [-0.4, -0.2) is 39.4 Å². The maximum absolute atomic E-state index is 13.2. The van der Waals surface area contributed by atoms with Crippen LogP contribution in [0.25, 0.3) is 0 Å². The quantitative estimate of drug-likeness (QED) is 0.807. The molecular formula is C11H14ClFN2O4S. The maximum atomic E-state index is 13.2. The third-order valence-corrected chi connectivity index (χ3v) is 4.24. The average molecular weight is 325 g/mol. The topological polar surface area (TPSA) is 75.7 Å². The molecule has 0 radical (unpaired) electrons. The van der Waals surface area contributed by atoms with Crippen LogP contribution in [0.3, 0.4) is 0 Å². The number of hydrogen-bond donors (Lipinski definition) is 1. The Labute approximate surface area is 121 Å². The molecule has 112 valence electrons. The molecule has 0 unspecified atom stereocenters. The van der Waals surface area contributed by atoms with Crippen LogP contribution in [0, 0.1) is 5.82 Å². The highest BCUT2D eigenvalue weighted by atomic mass is 35.5. The number of halogens is 2. The second-order valence-electron chi connectivity index (χ2n) is 3.88. The first-order valence-corrected chi connectivity index (χ1v) is 7.34. The van der Waals surface area contributed by atoms with Crippen molar-refractivity contribution in [2.75, 3.05) is 25.4 Å². The molecule has 1 N–H and O–H groups in total. The van der Waals surface area contributed by atoms with Gasteiger partial charge in [-0.2, -0.15) is 12.7 Å². The van der Waals surface area contributed by atoms with E-state index in [4.69, 9.17) is 11.6 Å². The van der Waals surface area contributed by atoms with Crippen molar-refractivity contribution in [3.63, 3.8) is 0 Å². The monoisotopic (exact) mass is 324 g/mol. The molecule has 1 rings (SSSR count). The van der Waals surface area contributed by atoms with Gasteiger partial charge in [0.1, 0.15) is 5.82 Å². The summed E-state index contributed by atoms with van der Waals surface area (Å²) in [5, 5.41) is -0.105. The standard InChI is InChI=1S/C11H14ClFN2O4S/c1-15(6-5-11(16)19-2)20(17,18)14-8-3-4-9(12)10(13)7-8/h3-4,7,14H,5-6H2,1-2H3. The molecule has 6 nitrogen and oxygen atoms in total. The third-order valence-electron chi connectivity index (χ3n) is 2.44.